The van der Waals surface area contributed by atoms with Gasteiger partial charge in [-0.2, -0.15) is 0 Å². The van der Waals surface area contributed by atoms with E-state index in [2.05, 4.69) is 10.7 Å². The molecule has 4 amide bonds. The minimum Gasteiger partial charge on any atom is -0.350 e. The standard InChI is InChI=1S/C18H16N4O2/c19-17(23)21-22(18(24)20-14-9-2-1-3-10-14)16-12-6-8-13-7-4-5-11-15(13)16/h1-12H,(H,20,24)(H3,19,21,23). The molecule has 4 N–H and O–H groups in total. The maximum absolute atomic E-state index is 12.6. The Bertz CT molecular complexity index is 875. The van der Waals surface area contributed by atoms with Crippen LogP contribution in [0.4, 0.5) is 21.0 Å². The summed E-state index contributed by atoms with van der Waals surface area (Å²) in [5.74, 6) is 0. The number of carbonyl (C=O) groups is 2. The fraction of sp³-hybridized carbons (Fsp3) is 0. The Morgan fingerprint density at radius 2 is 1.50 bits per heavy atom. The summed E-state index contributed by atoms with van der Waals surface area (Å²) in [6, 6.07) is 20.7. The van der Waals surface area contributed by atoms with Crippen molar-refractivity contribution in [2.45, 2.75) is 0 Å². The van der Waals surface area contributed by atoms with Crippen molar-refractivity contribution in [3.63, 3.8) is 0 Å². The summed E-state index contributed by atoms with van der Waals surface area (Å²) >= 11 is 0. The maximum atomic E-state index is 12.6. The first kappa shape index (κ1) is 15.4. The second kappa shape index (κ2) is 6.70. The number of hydrogen-bond donors (Lipinski definition) is 3. The number of hydrogen-bond acceptors (Lipinski definition) is 2. The van der Waals surface area contributed by atoms with Gasteiger partial charge < -0.3 is 11.1 Å². The van der Waals surface area contributed by atoms with Crippen LogP contribution < -0.4 is 21.5 Å². The van der Waals surface area contributed by atoms with Gasteiger partial charge in [0.05, 0.1) is 5.69 Å². The largest absolute Gasteiger partial charge is 0.350 e. The van der Waals surface area contributed by atoms with Gasteiger partial charge in [-0.3, -0.25) is 0 Å². The summed E-state index contributed by atoms with van der Waals surface area (Å²) in [5, 5.41) is 5.60. The maximum Gasteiger partial charge on any atom is 0.345 e. The van der Waals surface area contributed by atoms with Gasteiger partial charge in [0.2, 0.25) is 0 Å². The van der Waals surface area contributed by atoms with Crippen LogP contribution in [-0.4, -0.2) is 12.1 Å². The third-order valence-electron chi connectivity index (χ3n) is 3.46. The Balaban J connectivity index is 1.99. The molecule has 0 heterocycles. The van der Waals surface area contributed by atoms with Crippen LogP contribution >= 0.6 is 0 Å². The van der Waals surface area contributed by atoms with Gasteiger partial charge in [-0.15, -0.1) is 0 Å². The molecule has 0 saturated carbocycles. The molecule has 0 aromatic heterocycles. The highest BCUT2D eigenvalue weighted by molar-refractivity contribution is 6.08. The van der Waals surface area contributed by atoms with Crippen LogP contribution in [0.3, 0.4) is 0 Å². The number of primary amides is 1. The molecule has 0 aliphatic heterocycles. The third-order valence-corrected chi connectivity index (χ3v) is 3.46. The lowest BCUT2D eigenvalue weighted by Crippen LogP contribution is -2.50. The number of fused-ring (bicyclic) bond motifs is 1. The molecule has 0 fully saturated rings. The van der Waals surface area contributed by atoms with Crippen molar-refractivity contribution < 1.29 is 9.59 Å². The molecule has 0 radical (unpaired) electrons. The molecule has 0 unspecified atom stereocenters. The van der Waals surface area contributed by atoms with Crippen LogP contribution in [-0.2, 0) is 0 Å². The van der Waals surface area contributed by atoms with Gasteiger partial charge in [-0.25, -0.2) is 20.0 Å². The van der Waals surface area contributed by atoms with E-state index in [9.17, 15) is 9.59 Å². The summed E-state index contributed by atoms with van der Waals surface area (Å²) in [6.07, 6.45) is 0. The lowest BCUT2D eigenvalue weighted by Gasteiger charge is -2.24. The van der Waals surface area contributed by atoms with E-state index in [1.807, 2.05) is 42.5 Å². The van der Waals surface area contributed by atoms with Crippen molar-refractivity contribution >= 4 is 34.2 Å². The van der Waals surface area contributed by atoms with Crippen molar-refractivity contribution in [1.82, 2.24) is 5.43 Å². The number of nitrogens with one attached hydrogen (secondary N) is 2. The molecule has 3 aromatic rings. The Hall–Kier alpha value is -3.54. The molecule has 0 bridgehead atoms. The number of nitrogens with zero attached hydrogens (tertiary/aromatic N) is 1. The van der Waals surface area contributed by atoms with E-state index in [1.165, 1.54) is 0 Å². The van der Waals surface area contributed by atoms with Gasteiger partial charge in [-0.05, 0) is 23.6 Å². The van der Waals surface area contributed by atoms with Crippen molar-refractivity contribution in [2.24, 2.45) is 5.73 Å². The highest BCUT2D eigenvalue weighted by atomic mass is 16.2. The second-order valence-corrected chi connectivity index (χ2v) is 5.11. The lowest BCUT2D eigenvalue weighted by molar-refractivity contribution is 0.241. The molecule has 6 nitrogen and oxygen atoms in total. The van der Waals surface area contributed by atoms with E-state index >= 15 is 0 Å². The molecule has 24 heavy (non-hydrogen) atoms. The minimum absolute atomic E-state index is 0.517. The molecule has 120 valence electrons. The summed E-state index contributed by atoms with van der Waals surface area (Å²) in [6.45, 7) is 0. The number of urea groups is 2. The molecule has 6 heteroatoms. The number of para-hydroxylation sites is 1. The topological polar surface area (TPSA) is 87.5 Å². The average molecular weight is 320 g/mol. The number of amides is 4. The Morgan fingerprint density at radius 3 is 2.25 bits per heavy atom. The molecule has 3 aromatic carbocycles. The lowest BCUT2D eigenvalue weighted by atomic mass is 10.1. The zero-order valence-corrected chi connectivity index (χ0v) is 12.8. The van der Waals surface area contributed by atoms with E-state index in [4.69, 9.17) is 5.73 Å². The first-order valence-electron chi connectivity index (χ1n) is 7.35. The number of nitrogens with two attached hydrogens (primary N) is 1. The molecular weight excluding hydrogens is 304 g/mol. The first-order chi connectivity index (χ1) is 11.6. The van der Waals surface area contributed by atoms with E-state index in [0.29, 0.717) is 11.4 Å². The Kier molecular flexibility index (Phi) is 4.29. The third kappa shape index (κ3) is 3.27. The number of benzene rings is 3. The monoisotopic (exact) mass is 320 g/mol. The highest BCUT2D eigenvalue weighted by Crippen LogP contribution is 2.26. The first-order valence-corrected chi connectivity index (χ1v) is 7.35. The number of hydrazine groups is 1. The van der Waals surface area contributed by atoms with Crippen molar-refractivity contribution in [2.75, 3.05) is 10.3 Å². The molecular formula is C18H16N4O2. The fourth-order valence-electron chi connectivity index (χ4n) is 2.43. The van der Waals surface area contributed by atoms with Crippen LogP contribution in [0.2, 0.25) is 0 Å². The summed E-state index contributed by atoms with van der Waals surface area (Å²) in [7, 11) is 0. The van der Waals surface area contributed by atoms with Crippen molar-refractivity contribution in [3.8, 4) is 0 Å². The van der Waals surface area contributed by atoms with Crippen molar-refractivity contribution in [1.29, 1.82) is 0 Å². The molecule has 0 spiro atoms. The van der Waals surface area contributed by atoms with Gasteiger partial charge in [0.1, 0.15) is 0 Å². The van der Waals surface area contributed by atoms with Gasteiger partial charge in [0, 0.05) is 11.1 Å². The molecule has 0 aliphatic carbocycles. The SMILES string of the molecule is NC(=O)NN(C(=O)Nc1ccccc1)c1cccc2ccccc12. The van der Waals surface area contributed by atoms with Crippen LogP contribution in [0, 0.1) is 0 Å². The van der Waals surface area contributed by atoms with E-state index in [-0.39, 0.29) is 0 Å². The predicted octanol–water partition coefficient (Wildman–Crippen LogP) is 3.46. The van der Waals surface area contributed by atoms with E-state index in [1.54, 1.807) is 30.3 Å². The Morgan fingerprint density at radius 1 is 0.833 bits per heavy atom. The van der Waals surface area contributed by atoms with Crippen LogP contribution in [0.1, 0.15) is 0 Å². The van der Waals surface area contributed by atoms with Crippen LogP contribution in [0.15, 0.2) is 72.8 Å². The summed E-state index contributed by atoms with van der Waals surface area (Å²) < 4.78 is 0. The number of carbonyl (C=O) groups excluding carboxylic acids is 2. The van der Waals surface area contributed by atoms with E-state index in [0.717, 1.165) is 15.8 Å². The summed E-state index contributed by atoms with van der Waals surface area (Å²) in [5.41, 5.74) is 8.74. The van der Waals surface area contributed by atoms with Crippen molar-refractivity contribution in [3.05, 3.63) is 72.8 Å². The highest BCUT2D eigenvalue weighted by Gasteiger charge is 2.19. The Labute approximate surface area is 138 Å². The molecule has 0 aliphatic rings. The predicted molar refractivity (Wildman–Crippen MR) is 94.6 cm³/mol. The summed E-state index contributed by atoms with van der Waals surface area (Å²) in [4.78, 5) is 24.0. The van der Waals surface area contributed by atoms with Crippen LogP contribution in [0.25, 0.3) is 10.8 Å². The molecule has 0 saturated heterocycles. The number of rotatable bonds is 2. The van der Waals surface area contributed by atoms with Gasteiger partial charge in [-0.1, -0.05) is 54.6 Å². The second-order valence-electron chi connectivity index (χ2n) is 5.11. The zero-order chi connectivity index (χ0) is 16.9. The normalized spacial score (nSPS) is 10.2. The van der Waals surface area contributed by atoms with Gasteiger partial charge >= 0.3 is 12.1 Å². The minimum atomic E-state index is -0.828. The van der Waals surface area contributed by atoms with Gasteiger partial charge in [0.15, 0.2) is 0 Å². The molecule has 3 rings (SSSR count). The zero-order valence-electron chi connectivity index (χ0n) is 12.8. The molecule has 0 atom stereocenters. The number of anilines is 2. The van der Waals surface area contributed by atoms with Crippen LogP contribution in [0.5, 0.6) is 0 Å². The van der Waals surface area contributed by atoms with E-state index < -0.39 is 12.1 Å². The van der Waals surface area contributed by atoms with Gasteiger partial charge in [0.25, 0.3) is 0 Å². The quantitative estimate of drug-likeness (QED) is 0.631. The smallest absolute Gasteiger partial charge is 0.345 e. The average Bonchev–Trinajstić information content (AvgIpc) is 2.60. The fourth-order valence-corrected chi connectivity index (χ4v) is 2.43.